The molecular weight excluding hydrogens is 297 g/mol. The lowest BCUT2D eigenvalue weighted by atomic mass is 10.1. The lowest BCUT2D eigenvalue weighted by molar-refractivity contribution is -0.388. The summed E-state index contributed by atoms with van der Waals surface area (Å²) in [6.45, 7) is 3.79. The zero-order valence-corrected chi connectivity index (χ0v) is 12.0. The molecule has 5 heteroatoms. The summed E-state index contributed by atoms with van der Waals surface area (Å²) in [5.41, 5.74) is -0.0308. The molecule has 0 atom stereocenters. The molecule has 0 spiro atoms. The van der Waals surface area contributed by atoms with Crippen LogP contribution in [0.2, 0.25) is 0 Å². The van der Waals surface area contributed by atoms with Crippen LogP contribution in [0.1, 0.15) is 5.56 Å². The van der Waals surface area contributed by atoms with Crippen LogP contribution in [-0.4, -0.2) is 4.92 Å². The highest BCUT2D eigenvalue weighted by Crippen LogP contribution is 2.32. The Balaban J connectivity index is 1.95. The number of nitro benzene ring substituents is 1. The van der Waals surface area contributed by atoms with Crippen LogP contribution in [0.5, 0.6) is 5.75 Å². The molecule has 0 saturated heterocycles. The summed E-state index contributed by atoms with van der Waals surface area (Å²) in [5.74, 6) is -0.906. The summed E-state index contributed by atoms with van der Waals surface area (Å²) in [4.78, 5) is 10.2. The lowest BCUT2D eigenvalue weighted by Crippen LogP contribution is -2.00. The predicted molar refractivity (Wildman–Crippen MR) is 86.7 cm³/mol. The second-order valence-corrected chi connectivity index (χ2v) is 4.93. The first kappa shape index (κ1) is 14.7. The number of ether oxygens (including phenoxy) is 1. The van der Waals surface area contributed by atoms with Gasteiger partial charge in [0.05, 0.1) is 4.92 Å². The second-order valence-electron chi connectivity index (χ2n) is 4.93. The van der Waals surface area contributed by atoms with Crippen LogP contribution in [0.25, 0.3) is 16.5 Å². The maximum atomic E-state index is 13.6. The summed E-state index contributed by atoms with van der Waals surface area (Å²) in [7, 11) is 0. The number of para-hydroxylation sites is 1. The minimum absolute atomic E-state index is 0.173. The Kier molecular flexibility index (Phi) is 3.76. The highest BCUT2D eigenvalue weighted by molar-refractivity contribution is 5.85. The summed E-state index contributed by atoms with van der Waals surface area (Å²) in [6.07, 6.45) is 0. The fraction of sp³-hybridized carbons (Fsp3) is 0. The molecule has 0 aliphatic heterocycles. The topological polar surface area (TPSA) is 52.4 Å². The average Bonchev–Trinajstić information content (AvgIpc) is 2.54. The standard InChI is InChI=1S/C18H12FNO3/c1-12(14-10-9-13-5-2-3-6-15(13)11-14)23-17-8-4-7-16(19)18(17)20(21)22/h2-11H,1H2. The van der Waals surface area contributed by atoms with E-state index in [2.05, 4.69) is 6.58 Å². The first-order valence-electron chi connectivity index (χ1n) is 6.85. The summed E-state index contributed by atoms with van der Waals surface area (Å²) in [5, 5.41) is 13.0. The fourth-order valence-electron chi connectivity index (χ4n) is 2.31. The molecular formula is C18H12FNO3. The van der Waals surface area contributed by atoms with Gasteiger partial charge in [-0.3, -0.25) is 10.1 Å². The van der Waals surface area contributed by atoms with E-state index in [1.807, 2.05) is 36.4 Å². The number of nitrogens with zero attached hydrogens (tertiary/aromatic N) is 1. The molecule has 0 unspecified atom stereocenters. The first-order valence-corrected chi connectivity index (χ1v) is 6.85. The molecule has 0 saturated carbocycles. The van der Waals surface area contributed by atoms with Crippen molar-refractivity contribution < 1.29 is 14.1 Å². The van der Waals surface area contributed by atoms with E-state index in [9.17, 15) is 14.5 Å². The molecule has 0 aliphatic rings. The summed E-state index contributed by atoms with van der Waals surface area (Å²) < 4.78 is 19.1. The van der Waals surface area contributed by atoms with Gasteiger partial charge in [-0.15, -0.1) is 0 Å². The molecule has 23 heavy (non-hydrogen) atoms. The van der Waals surface area contributed by atoms with E-state index < -0.39 is 16.4 Å². The van der Waals surface area contributed by atoms with E-state index in [1.165, 1.54) is 12.1 Å². The lowest BCUT2D eigenvalue weighted by Gasteiger charge is -2.10. The number of nitro groups is 1. The molecule has 0 bridgehead atoms. The van der Waals surface area contributed by atoms with E-state index in [0.717, 1.165) is 16.8 Å². The normalized spacial score (nSPS) is 10.5. The Morgan fingerprint density at radius 2 is 1.78 bits per heavy atom. The summed E-state index contributed by atoms with van der Waals surface area (Å²) >= 11 is 0. The van der Waals surface area contributed by atoms with Crippen molar-refractivity contribution in [2.75, 3.05) is 0 Å². The zero-order valence-electron chi connectivity index (χ0n) is 12.0. The SMILES string of the molecule is C=C(Oc1cccc(F)c1[N+](=O)[O-])c1ccc2ccccc2c1. The van der Waals surface area contributed by atoms with Crippen LogP contribution >= 0.6 is 0 Å². The maximum absolute atomic E-state index is 13.6. The number of hydrogen-bond acceptors (Lipinski definition) is 3. The molecule has 3 aromatic carbocycles. The highest BCUT2D eigenvalue weighted by Gasteiger charge is 2.22. The van der Waals surface area contributed by atoms with Gasteiger partial charge in [-0.25, -0.2) is 0 Å². The molecule has 3 aromatic rings. The highest BCUT2D eigenvalue weighted by atomic mass is 19.1. The van der Waals surface area contributed by atoms with E-state index in [1.54, 1.807) is 6.07 Å². The van der Waals surface area contributed by atoms with Crippen LogP contribution in [0.15, 0.2) is 67.2 Å². The van der Waals surface area contributed by atoms with Crippen LogP contribution in [0.4, 0.5) is 10.1 Å². The van der Waals surface area contributed by atoms with Gasteiger partial charge in [0.2, 0.25) is 11.6 Å². The van der Waals surface area contributed by atoms with Gasteiger partial charge in [0.15, 0.2) is 0 Å². The van der Waals surface area contributed by atoms with Gasteiger partial charge in [0, 0.05) is 5.56 Å². The third kappa shape index (κ3) is 2.89. The first-order chi connectivity index (χ1) is 11.1. The fourth-order valence-corrected chi connectivity index (χ4v) is 2.31. The molecule has 3 rings (SSSR count). The Labute approximate surface area is 131 Å². The third-order valence-corrected chi connectivity index (χ3v) is 3.44. The van der Waals surface area contributed by atoms with Crippen molar-refractivity contribution in [1.29, 1.82) is 0 Å². The van der Waals surface area contributed by atoms with Gasteiger partial charge in [-0.1, -0.05) is 49.0 Å². The third-order valence-electron chi connectivity index (χ3n) is 3.44. The Hall–Kier alpha value is -3.21. The van der Waals surface area contributed by atoms with Crippen molar-refractivity contribution in [2.24, 2.45) is 0 Å². The Morgan fingerprint density at radius 3 is 2.52 bits per heavy atom. The van der Waals surface area contributed by atoms with Gasteiger partial charge in [0.25, 0.3) is 0 Å². The Morgan fingerprint density at radius 1 is 1.04 bits per heavy atom. The van der Waals surface area contributed by atoms with Crippen LogP contribution < -0.4 is 4.74 Å². The number of halogens is 1. The van der Waals surface area contributed by atoms with Crippen LogP contribution in [0.3, 0.4) is 0 Å². The largest absolute Gasteiger partial charge is 0.450 e. The van der Waals surface area contributed by atoms with E-state index in [0.29, 0.717) is 5.56 Å². The van der Waals surface area contributed by atoms with Crippen molar-refractivity contribution in [2.45, 2.75) is 0 Å². The molecule has 4 nitrogen and oxygen atoms in total. The van der Waals surface area contributed by atoms with E-state index >= 15 is 0 Å². The van der Waals surface area contributed by atoms with Crippen LogP contribution in [0, 0.1) is 15.9 Å². The van der Waals surface area contributed by atoms with Gasteiger partial charge >= 0.3 is 5.69 Å². The van der Waals surface area contributed by atoms with Gasteiger partial charge < -0.3 is 4.74 Å². The van der Waals surface area contributed by atoms with Crippen molar-refractivity contribution in [1.82, 2.24) is 0 Å². The molecule has 0 amide bonds. The molecule has 0 heterocycles. The number of fused-ring (bicyclic) bond motifs is 1. The van der Waals surface area contributed by atoms with Crippen LogP contribution in [-0.2, 0) is 0 Å². The van der Waals surface area contributed by atoms with Crippen molar-refractivity contribution >= 4 is 22.2 Å². The Bertz CT molecular complexity index is 921. The average molecular weight is 309 g/mol. The zero-order chi connectivity index (χ0) is 16.4. The van der Waals surface area contributed by atoms with Gasteiger partial charge in [-0.2, -0.15) is 4.39 Å². The minimum Gasteiger partial charge on any atom is -0.450 e. The maximum Gasteiger partial charge on any atom is 0.346 e. The molecule has 114 valence electrons. The monoisotopic (exact) mass is 309 g/mol. The number of hydrogen-bond donors (Lipinski definition) is 0. The smallest absolute Gasteiger partial charge is 0.346 e. The summed E-state index contributed by atoms with van der Waals surface area (Å²) in [6, 6.07) is 17.0. The minimum atomic E-state index is -0.946. The molecule has 0 radical (unpaired) electrons. The molecule has 0 N–H and O–H groups in total. The molecule has 0 aromatic heterocycles. The van der Waals surface area contributed by atoms with Gasteiger partial charge in [-0.05, 0) is 29.0 Å². The second kappa shape index (κ2) is 5.88. The van der Waals surface area contributed by atoms with Gasteiger partial charge in [0.1, 0.15) is 5.76 Å². The van der Waals surface area contributed by atoms with Crippen molar-refractivity contribution in [3.05, 3.63) is 88.7 Å². The molecule has 0 aliphatic carbocycles. The predicted octanol–water partition coefficient (Wildman–Crippen LogP) is 4.94. The van der Waals surface area contributed by atoms with E-state index in [4.69, 9.17) is 4.74 Å². The quantitative estimate of drug-likeness (QED) is 0.390. The van der Waals surface area contributed by atoms with E-state index in [-0.39, 0.29) is 11.5 Å². The number of benzene rings is 3. The van der Waals surface area contributed by atoms with Crippen molar-refractivity contribution in [3.8, 4) is 5.75 Å². The molecule has 0 fully saturated rings. The number of rotatable bonds is 4. The van der Waals surface area contributed by atoms with Crippen molar-refractivity contribution in [3.63, 3.8) is 0 Å².